The van der Waals surface area contributed by atoms with Crippen LogP contribution in [0.1, 0.15) is 55.2 Å². The predicted molar refractivity (Wildman–Crippen MR) is 120 cm³/mol. The molecule has 2 heterocycles. The number of nitrogens with two attached hydrogens (primary N) is 1. The van der Waals surface area contributed by atoms with Gasteiger partial charge in [-0.15, -0.1) is 0 Å². The van der Waals surface area contributed by atoms with E-state index in [9.17, 15) is 14.4 Å². The minimum atomic E-state index is -0.618. The number of hydrogen-bond donors (Lipinski definition) is 1. The fourth-order valence-corrected chi connectivity index (χ4v) is 4.40. The molecule has 1 saturated heterocycles. The average molecular weight is 447 g/mol. The molecule has 0 amide bonds. The summed E-state index contributed by atoms with van der Waals surface area (Å²) in [5, 5.41) is 10.3. The number of halogens is 2. The Kier molecular flexibility index (Phi) is 7.11. The van der Waals surface area contributed by atoms with Gasteiger partial charge in [-0.25, -0.2) is 9.18 Å². The molecule has 2 aromatic rings. The van der Waals surface area contributed by atoms with Crippen molar-refractivity contribution in [1.29, 1.82) is 5.26 Å². The third kappa shape index (κ3) is 4.64. The standard InChI is InChI=1S/C23H28ClFN4O2/c1-4-31-23(30)21-20(27)18(11-26)22(28-9-5-6-15(12-28)14(2)3)29(21)13-16-10-17(25)7-8-19(16)24/h7-8,10,14-15H,4-6,9,12-13,27H2,1-3H3. The third-order valence-electron chi connectivity index (χ3n) is 5.89. The van der Waals surface area contributed by atoms with Crippen LogP contribution in [0.25, 0.3) is 0 Å². The number of carbonyl (C=O) groups is 1. The molecule has 0 saturated carbocycles. The molecule has 1 fully saturated rings. The lowest BCUT2D eigenvalue weighted by molar-refractivity contribution is 0.0516. The highest BCUT2D eigenvalue weighted by Crippen LogP contribution is 2.37. The van der Waals surface area contributed by atoms with Crippen LogP contribution >= 0.6 is 11.6 Å². The second-order valence-electron chi connectivity index (χ2n) is 8.21. The number of esters is 1. The van der Waals surface area contributed by atoms with Gasteiger partial charge in [0.05, 0.1) is 18.8 Å². The minimum absolute atomic E-state index is 0.0788. The third-order valence-corrected chi connectivity index (χ3v) is 6.26. The largest absolute Gasteiger partial charge is 0.461 e. The van der Waals surface area contributed by atoms with E-state index in [4.69, 9.17) is 22.1 Å². The van der Waals surface area contributed by atoms with E-state index in [-0.39, 0.29) is 30.1 Å². The number of carbonyl (C=O) groups excluding carboxylic acids is 1. The molecule has 1 unspecified atom stereocenters. The molecule has 6 nitrogen and oxygen atoms in total. The number of nitriles is 1. The van der Waals surface area contributed by atoms with Crippen molar-refractivity contribution >= 4 is 29.1 Å². The van der Waals surface area contributed by atoms with E-state index >= 15 is 0 Å². The molecule has 8 heteroatoms. The molecule has 0 spiro atoms. The van der Waals surface area contributed by atoms with Crippen LogP contribution in [0.15, 0.2) is 18.2 Å². The first-order valence-corrected chi connectivity index (χ1v) is 10.9. The van der Waals surface area contributed by atoms with Crippen LogP contribution in [0.2, 0.25) is 5.02 Å². The van der Waals surface area contributed by atoms with E-state index in [0.717, 1.165) is 25.9 Å². The van der Waals surface area contributed by atoms with Crippen molar-refractivity contribution in [2.75, 3.05) is 30.3 Å². The van der Waals surface area contributed by atoms with E-state index in [2.05, 4.69) is 24.8 Å². The van der Waals surface area contributed by atoms with Crippen molar-refractivity contribution in [3.05, 3.63) is 45.9 Å². The maximum absolute atomic E-state index is 13.9. The van der Waals surface area contributed by atoms with Gasteiger partial charge in [-0.3, -0.25) is 0 Å². The van der Waals surface area contributed by atoms with Gasteiger partial charge in [0.15, 0.2) is 5.69 Å². The van der Waals surface area contributed by atoms with Crippen LogP contribution in [-0.4, -0.2) is 30.2 Å². The Hall–Kier alpha value is -2.72. The van der Waals surface area contributed by atoms with Crippen molar-refractivity contribution < 1.29 is 13.9 Å². The second-order valence-corrected chi connectivity index (χ2v) is 8.61. The maximum Gasteiger partial charge on any atom is 0.357 e. The van der Waals surface area contributed by atoms with Crippen LogP contribution in [-0.2, 0) is 11.3 Å². The van der Waals surface area contributed by atoms with Crippen LogP contribution in [0.5, 0.6) is 0 Å². The highest BCUT2D eigenvalue weighted by atomic mass is 35.5. The summed E-state index contributed by atoms with van der Waals surface area (Å²) in [4.78, 5) is 14.9. The zero-order chi connectivity index (χ0) is 22.7. The molecule has 0 bridgehead atoms. The number of nitrogen functional groups attached to an aromatic ring is 1. The summed E-state index contributed by atoms with van der Waals surface area (Å²) in [5.74, 6) is 0.448. The Balaban J connectivity index is 2.18. The number of anilines is 2. The van der Waals surface area contributed by atoms with E-state index in [1.807, 2.05) is 0 Å². The number of nitrogens with zero attached hydrogens (tertiary/aromatic N) is 3. The molecule has 0 radical (unpaired) electrons. The Bertz CT molecular complexity index is 1010. The van der Waals surface area contributed by atoms with Gasteiger partial charge >= 0.3 is 5.97 Å². The van der Waals surface area contributed by atoms with Crippen LogP contribution in [0.3, 0.4) is 0 Å². The van der Waals surface area contributed by atoms with Gasteiger partial charge in [0.1, 0.15) is 23.3 Å². The molecule has 0 aliphatic carbocycles. The Morgan fingerprint density at radius 3 is 2.84 bits per heavy atom. The van der Waals surface area contributed by atoms with Crippen molar-refractivity contribution in [2.45, 2.75) is 40.2 Å². The number of hydrogen-bond acceptors (Lipinski definition) is 5. The highest BCUT2D eigenvalue weighted by molar-refractivity contribution is 6.31. The quantitative estimate of drug-likeness (QED) is 0.642. The lowest BCUT2D eigenvalue weighted by Gasteiger charge is -2.37. The molecule has 1 aliphatic rings. The number of piperidine rings is 1. The molecule has 1 aromatic heterocycles. The first-order valence-electron chi connectivity index (χ1n) is 10.6. The topological polar surface area (TPSA) is 84.3 Å². The zero-order valence-corrected chi connectivity index (χ0v) is 18.9. The summed E-state index contributed by atoms with van der Waals surface area (Å²) in [5.41, 5.74) is 7.20. The zero-order valence-electron chi connectivity index (χ0n) is 18.1. The van der Waals surface area contributed by atoms with E-state index in [1.165, 1.54) is 18.2 Å². The van der Waals surface area contributed by atoms with Crippen LogP contribution < -0.4 is 10.6 Å². The Morgan fingerprint density at radius 2 is 2.19 bits per heavy atom. The number of rotatable bonds is 6. The van der Waals surface area contributed by atoms with E-state index in [0.29, 0.717) is 28.2 Å². The normalized spacial score (nSPS) is 16.4. The molecule has 1 aliphatic heterocycles. The Morgan fingerprint density at radius 1 is 1.45 bits per heavy atom. The Labute approximate surface area is 187 Å². The van der Waals surface area contributed by atoms with Gasteiger partial charge in [-0.05, 0) is 55.4 Å². The van der Waals surface area contributed by atoms with E-state index in [1.54, 1.807) is 11.5 Å². The van der Waals surface area contributed by atoms with Gasteiger partial charge < -0.3 is 19.9 Å². The number of aromatic nitrogens is 1. The number of benzene rings is 1. The van der Waals surface area contributed by atoms with Crippen molar-refractivity contribution in [1.82, 2.24) is 4.57 Å². The lowest BCUT2D eigenvalue weighted by atomic mass is 9.88. The molecule has 166 valence electrons. The summed E-state index contributed by atoms with van der Waals surface area (Å²) in [6, 6.07) is 6.26. The second kappa shape index (κ2) is 9.61. The average Bonchev–Trinajstić information content (AvgIpc) is 3.02. The van der Waals surface area contributed by atoms with Crippen molar-refractivity contribution in [2.24, 2.45) is 11.8 Å². The molecule has 3 rings (SSSR count). The van der Waals surface area contributed by atoms with Gasteiger partial charge in [0.25, 0.3) is 0 Å². The number of ether oxygens (including phenoxy) is 1. The first-order chi connectivity index (χ1) is 14.8. The van der Waals surface area contributed by atoms with E-state index < -0.39 is 11.8 Å². The maximum atomic E-state index is 13.9. The minimum Gasteiger partial charge on any atom is -0.461 e. The summed E-state index contributed by atoms with van der Waals surface area (Å²) in [7, 11) is 0. The molecule has 1 aromatic carbocycles. The van der Waals surface area contributed by atoms with Gasteiger partial charge in [0.2, 0.25) is 0 Å². The SMILES string of the molecule is CCOC(=O)c1c(N)c(C#N)c(N2CCCC(C(C)C)C2)n1Cc1cc(F)ccc1Cl. The van der Waals surface area contributed by atoms with Gasteiger partial charge in [-0.1, -0.05) is 25.4 Å². The summed E-state index contributed by atoms with van der Waals surface area (Å²) < 4.78 is 20.8. The molecule has 1 atom stereocenters. The summed E-state index contributed by atoms with van der Waals surface area (Å²) in [6.07, 6.45) is 2.07. The van der Waals surface area contributed by atoms with Gasteiger partial charge in [-0.2, -0.15) is 5.26 Å². The van der Waals surface area contributed by atoms with Gasteiger partial charge in [0, 0.05) is 18.1 Å². The lowest BCUT2D eigenvalue weighted by Crippen LogP contribution is -2.39. The molecule has 2 N–H and O–H groups in total. The fourth-order valence-electron chi connectivity index (χ4n) is 4.22. The summed E-state index contributed by atoms with van der Waals surface area (Å²) in [6.45, 7) is 7.81. The molecular formula is C23H28ClFN4O2. The monoisotopic (exact) mass is 446 g/mol. The predicted octanol–water partition coefficient (Wildman–Crippen LogP) is 4.83. The summed E-state index contributed by atoms with van der Waals surface area (Å²) >= 11 is 6.32. The van der Waals surface area contributed by atoms with Crippen LogP contribution in [0, 0.1) is 29.0 Å². The fraction of sp³-hybridized carbons (Fsp3) is 0.478. The highest BCUT2D eigenvalue weighted by Gasteiger charge is 2.33. The first kappa shape index (κ1) is 23.0. The molecular weight excluding hydrogens is 419 g/mol. The smallest absolute Gasteiger partial charge is 0.357 e. The van der Waals surface area contributed by atoms with Crippen LogP contribution in [0.4, 0.5) is 15.9 Å². The van der Waals surface area contributed by atoms with Crippen molar-refractivity contribution in [3.63, 3.8) is 0 Å². The molecule has 31 heavy (non-hydrogen) atoms. The van der Waals surface area contributed by atoms with Crippen molar-refractivity contribution in [3.8, 4) is 6.07 Å².